The fraction of sp³-hybridized carbons (Fsp3) is 0.727. The molecule has 1 aromatic heterocycles. The standard InChI is InChI=1S/C9H15NOS.C2H6/c1-7-9(5-4-6-11-3)12-8(2)10-7;1-2/h4-6H2,1-3H3;1-2H3. The van der Waals surface area contributed by atoms with Crippen LogP contribution >= 0.6 is 11.3 Å². The van der Waals surface area contributed by atoms with E-state index in [1.165, 1.54) is 15.6 Å². The van der Waals surface area contributed by atoms with Gasteiger partial charge < -0.3 is 4.74 Å². The van der Waals surface area contributed by atoms with Crippen LogP contribution in [0.1, 0.15) is 35.8 Å². The molecule has 0 saturated carbocycles. The van der Waals surface area contributed by atoms with Crippen LogP contribution in [0, 0.1) is 13.8 Å². The number of ether oxygens (including phenoxy) is 1. The van der Waals surface area contributed by atoms with Crippen molar-refractivity contribution in [2.45, 2.75) is 40.5 Å². The number of aromatic nitrogens is 1. The molecule has 0 fully saturated rings. The van der Waals surface area contributed by atoms with Crippen molar-refractivity contribution in [2.75, 3.05) is 13.7 Å². The molecule has 1 rings (SSSR count). The molecule has 0 N–H and O–H groups in total. The lowest BCUT2D eigenvalue weighted by Crippen LogP contribution is -1.91. The quantitative estimate of drug-likeness (QED) is 0.718. The Kier molecular flexibility index (Phi) is 7.71. The van der Waals surface area contributed by atoms with E-state index in [0.29, 0.717) is 0 Å². The molecule has 0 aromatic carbocycles. The SMILES string of the molecule is CC.COCCCc1sc(C)nc1C. The molecule has 14 heavy (non-hydrogen) atoms. The second kappa shape index (κ2) is 7.94. The predicted molar refractivity (Wildman–Crippen MR) is 63.1 cm³/mol. The minimum Gasteiger partial charge on any atom is -0.385 e. The number of aryl methyl sites for hydroxylation is 3. The Morgan fingerprint density at radius 3 is 2.36 bits per heavy atom. The Hall–Kier alpha value is -0.410. The fourth-order valence-electron chi connectivity index (χ4n) is 1.18. The maximum absolute atomic E-state index is 4.99. The van der Waals surface area contributed by atoms with Gasteiger partial charge in [0, 0.05) is 18.6 Å². The second-order valence-electron chi connectivity index (χ2n) is 2.84. The third-order valence-electron chi connectivity index (χ3n) is 1.75. The topological polar surface area (TPSA) is 22.1 Å². The number of nitrogens with zero attached hydrogens (tertiary/aromatic N) is 1. The molecule has 0 unspecified atom stereocenters. The predicted octanol–water partition coefficient (Wildman–Crippen LogP) is 3.37. The number of rotatable bonds is 4. The first-order chi connectivity index (χ1) is 6.74. The summed E-state index contributed by atoms with van der Waals surface area (Å²) in [5.41, 5.74) is 1.19. The van der Waals surface area contributed by atoms with Crippen LogP contribution < -0.4 is 0 Å². The van der Waals surface area contributed by atoms with Crippen molar-refractivity contribution in [2.24, 2.45) is 0 Å². The molecule has 1 aromatic rings. The summed E-state index contributed by atoms with van der Waals surface area (Å²) in [5, 5.41) is 1.17. The monoisotopic (exact) mass is 215 g/mol. The lowest BCUT2D eigenvalue weighted by Gasteiger charge is -1.97. The van der Waals surface area contributed by atoms with Crippen LogP contribution in [0.15, 0.2) is 0 Å². The van der Waals surface area contributed by atoms with Crippen LogP contribution in [-0.2, 0) is 11.2 Å². The highest BCUT2D eigenvalue weighted by Gasteiger charge is 2.03. The second-order valence-corrected chi connectivity index (χ2v) is 4.13. The Morgan fingerprint density at radius 1 is 1.29 bits per heavy atom. The van der Waals surface area contributed by atoms with E-state index in [-0.39, 0.29) is 0 Å². The minimum absolute atomic E-state index is 0.844. The summed E-state index contributed by atoms with van der Waals surface area (Å²) in [5.74, 6) is 0. The zero-order chi connectivity index (χ0) is 11.0. The van der Waals surface area contributed by atoms with Gasteiger partial charge in [0.1, 0.15) is 0 Å². The van der Waals surface area contributed by atoms with Crippen molar-refractivity contribution in [3.63, 3.8) is 0 Å². The molecule has 0 aliphatic carbocycles. The van der Waals surface area contributed by atoms with Gasteiger partial charge in [-0.15, -0.1) is 11.3 Å². The summed E-state index contributed by atoms with van der Waals surface area (Å²) in [6.07, 6.45) is 2.20. The van der Waals surface area contributed by atoms with Gasteiger partial charge in [0.05, 0.1) is 10.7 Å². The van der Waals surface area contributed by atoms with Gasteiger partial charge in [0.15, 0.2) is 0 Å². The first kappa shape index (κ1) is 13.6. The van der Waals surface area contributed by atoms with Gasteiger partial charge in [-0.1, -0.05) is 13.8 Å². The largest absolute Gasteiger partial charge is 0.385 e. The summed E-state index contributed by atoms with van der Waals surface area (Å²) in [6, 6.07) is 0. The lowest BCUT2D eigenvalue weighted by molar-refractivity contribution is 0.195. The highest BCUT2D eigenvalue weighted by Crippen LogP contribution is 2.18. The summed E-state index contributed by atoms with van der Waals surface area (Å²) in [7, 11) is 1.74. The molecule has 0 spiro atoms. The van der Waals surface area contributed by atoms with E-state index in [1.807, 2.05) is 13.8 Å². The van der Waals surface area contributed by atoms with Crippen LogP contribution in [0.25, 0.3) is 0 Å². The van der Waals surface area contributed by atoms with E-state index in [0.717, 1.165) is 19.4 Å². The number of hydrogen-bond acceptors (Lipinski definition) is 3. The van der Waals surface area contributed by atoms with Crippen LogP contribution in [0.4, 0.5) is 0 Å². The average Bonchev–Trinajstić information content (AvgIpc) is 2.49. The third-order valence-corrected chi connectivity index (χ3v) is 2.88. The molecule has 3 heteroatoms. The van der Waals surface area contributed by atoms with Crippen molar-refractivity contribution >= 4 is 11.3 Å². The Labute approximate surface area is 91.3 Å². The van der Waals surface area contributed by atoms with Gasteiger partial charge in [-0.2, -0.15) is 0 Å². The van der Waals surface area contributed by atoms with Crippen LogP contribution in [0.3, 0.4) is 0 Å². The molecule has 2 nitrogen and oxygen atoms in total. The fourth-order valence-corrected chi connectivity index (χ4v) is 2.16. The van der Waals surface area contributed by atoms with Gasteiger partial charge in [0.2, 0.25) is 0 Å². The minimum atomic E-state index is 0.844. The van der Waals surface area contributed by atoms with E-state index >= 15 is 0 Å². The smallest absolute Gasteiger partial charge is 0.0900 e. The van der Waals surface area contributed by atoms with E-state index in [4.69, 9.17) is 4.74 Å². The Morgan fingerprint density at radius 2 is 1.93 bits per heavy atom. The number of hydrogen-bond donors (Lipinski definition) is 0. The van der Waals surface area contributed by atoms with Crippen molar-refractivity contribution in [1.29, 1.82) is 0 Å². The normalized spacial score (nSPS) is 9.50. The van der Waals surface area contributed by atoms with E-state index < -0.39 is 0 Å². The number of methoxy groups -OCH3 is 1. The molecule has 0 bridgehead atoms. The molecule has 82 valence electrons. The van der Waals surface area contributed by atoms with Gasteiger partial charge in [0.25, 0.3) is 0 Å². The van der Waals surface area contributed by atoms with Crippen LogP contribution in [0.5, 0.6) is 0 Å². The van der Waals surface area contributed by atoms with Gasteiger partial charge in [-0.3, -0.25) is 0 Å². The Balaban J connectivity index is 0.000000791. The summed E-state index contributed by atoms with van der Waals surface area (Å²) >= 11 is 1.80. The molecule has 0 saturated heterocycles. The first-order valence-corrected chi connectivity index (χ1v) is 5.97. The molecular weight excluding hydrogens is 194 g/mol. The zero-order valence-electron chi connectivity index (χ0n) is 9.89. The summed E-state index contributed by atoms with van der Waals surface area (Å²) in [4.78, 5) is 5.77. The third kappa shape index (κ3) is 4.72. The molecule has 1 heterocycles. The molecule has 0 atom stereocenters. The van der Waals surface area contributed by atoms with Crippen molar-refractivity contribution < 1.29 is 4.74 Å². The van der Waals surface area contributed by atoms with Crippen LogP contribution in [0.2, 0.25) is 0 Å². The number of thiazole rings is 1. The molecule has 0 amide bonds. The van der Waals surface area contributed by atoms with Gasteiger partial charge in [-0.25, -0.2) is 4.98 Å². The zero-order valence-corrected chi connectivity index (χ0v) is 10.7. The Bertz CT molecular complexity index is 245. The molecule has 0 aliphatic rings. The van der Waals surface area contributed by atoms with Crippen molar-refractivity contribution in [3.05, 3.63) is 15.6 Å². The summed E-state index contributed by atoms with van der Waals surface area (Å²) < 4.78 is 4.99. The maximum atomic E-state index is 4.99. The van der Waals surface area contributed by atoms with Crippen molar-refractivity contribution in [3.8, 4) is 0 Å². The van der Waals surface area contributed by atoms with Gasteiger partial charge in [-0.05, 0) is 26.7 Å². The molecule has 0 radical (unpaired) electrons. The van der Waals surface area contributed by atoms with Crippen molar-refractivity contribution in [1.82, 2.24) is 4.98 Å². The molecule has 0 aliphatic heterocycles. The van der Waals surface area contributed by atoms with E-state index in [9.17, 15) is 0 Å². The average molecular weight is 215 g/mol. The molecular formula is C11H21NOS. The highest BCUT2D eigenvalue weighted by atomic mass is 32.1. The van der Waals surface area contributed by atoms with Gasteiger partial charge >= 0.3 is 0 Å². The van der Waals surface area contributed by atoms with E-state index in [1.54, 1.807) is 18.4 Å². The van der Waals surface area contributed by atoms with Crippen LogP contribution in [-0.4, -0.2) is 18.7 Å². The maximum Gasteiger partial charge on any atom is 0.0900 e. The first-order valence-electron chi connectivity index (χ1n) is 5.16. The highest BCUT2D eigenvalue weighted by molar-refractivity contribution is 7.11. The van der Waals surface area contributed by atoms with E-state index in [2.05, 4.69) is 18.8 Å². The lowest BCUT2D eigenvalue weighted by atomic mass is 10.2. The summed E-state index contributed by atoms with van der Waals surface area (Å²) in [6.45, 7) is 8.97.